The maximum absolute atomic E-state index is 6.31. The van der Waals surface area contributed by atoms with Gasteiger partial charge in [-0.05, 0) is 48.0 Å². The van der Waals surface area contributed by atoms with Gasteiger partial charge in [0.15, 0.2) is 5.11 Å². The van der Waals surface area contributed by atoms with Crippen LogP contribution < -0.4 is 0 Å². The van der Waals surface area contributed by atoms with E-state index in [0.717, 1.165) is 23.1 Å². The summed E-state index contributed by atoms with van der Waals surface area (Å²) in [5, 5.41) is 3.00. The number of nitrogens with one attached hydrogen (secondary N) is 1. The van der Waals surface area contributed by atoms with Crippen molar-refractivity contribution in [1.82, 2.24) is 14.8 Å². The molecule has 2 unspecified atom stereocenters. The molecule has 5 heteroatoms. The number of H-pyrrole nitrogens is 1. The molecule has 1 saturated heterocycles. The quantitative estimate of drug-likeness (QED) is 0.646. The number of benzene rings is 2. The summed E-state index contributed by atoms with van der Waals surface area (Å²) < 4.78 is 0. The first-order valence-corrected chi connectivity index (χ1v) is 9.30. The first-order valence-electron chi connectivity index (χ1n) is 8.52. The Morgan fingerprint density at radius 3 is 2.84 bits per heavy atom. The standard InChI is InChI=1S/C20H18ClN3S/c1-23-11-14-10-16-15-7-2-3-8-17(15)22-18(16)19(24(14)20(23)25)12-5-4-6-13(21)9-12/h2-9,14,19,22H,10-11H2,1H3. The molecule has 3 nitrogen and oxygen atoms in total. The minimum Gasteiger partial charge on any atom is -0.356 e. The first-order chi connectivity index (χ1) is 12.1. The number of hydrogen-bond donors (Lipinski definition) is 1. The van der Waals surface area contributed by atoms with Gasteiger partial charge in [0.25, 0.3) is 0 Å². The van der Waals surface area contributed by atoms with E-state index in [1.165, 1.54) is 27.7 Å². The molecule has 2 aliphatic rings. The number of thiocarbonyl (C=S) groups is 1. The van der Waals surface area contributed by atoms with E-state index in [-0.39, 0.29) is 6.04 Å². The number of nitrogens with zero attached hydrogens (tertiary/aromatic N) is 2. The highest BCUT2D eigenvalue weighted by molar-refractivity contribution is 7.80. The molecule has 5 rings (SSSR count). The highest BCUT2D eigenvalue weighted by Crippen LogP contribution is 2.43. The third kappa shape index (κ3) is 2.21. The van der Waals surface area contributed by atoms with Crippen molar-refractivity contribution in [3.05, 3.63) is 70.4 Å². The second-order valence-corrected chi connectivity index (χ2v) is 7.75. The van der Waals surface area contributed by atoms with Crippen molar-refractivity contribution >= 4 is 39.8 Å². The summed E-state index contributed by atoms with van der Waals surface area (Å²) in [5.74, 6) is 0. The average molecular weight is 368 g/mol. The van der Waals surface area contributed by atoms with Crippen LogP contribution in [0.4, 0.5) is 0 Å². The van der Waals surface area contributed by atoms with E-state index in [4.69, 9.17) is 23.8 Å². The molecule has 0 aliphatic carbocycles. The van der Waals surface area contributed by atoms with Gasteiger partial charge in [0.05, 0.1) is 12.1 Å². The van der Waals surface area contributed by atoms with Crippen molar-refractivity contribution in [2.45, 2.75) is 18.5 Å². The fourth-order valence-corrected chi connectivity index (χ4v) is 4.90. The Labute approximate surface area is 157 Å². The van der Waals surface area contributed by atoms with Crippen LogP contribution in [0.2, 0.25) is 5.02 Å². The van der Waals surface area contributed by atoms with Gasteiger partial charge >= 0.3 is 0 Å². The second-order valence-electron chi connectivity index (χ2n) is 6.95. The Kier molecular flexibility index (Phi) is 3.34. The van der Waals surface area contributed by atoms with Gasteiger partial charge in [-0.15, -0.1) is 0 Å². The number of hydrogen-bond acceptors (Lipinski definition) is 1. The summed E-state index contributed by atoms with van der Waals surface area (Å²) in [6.45, 7) is 0.967. The highest BCUT2D eigenvalue weighted by Gasteiger charge is 2.44. The number of fused-ring (bicyclic) bond motifs is 4. The van der Waals surface area contributed by atoms with E-state index in [0.29, 0.717) is 6.04 Å². The van der Waals surface area contributed by atoms with Crippen LogP contribution in [0.3, 0.4) is 0 Å². The van der Waals surface area contributed by atoms with Crippen LogP contribution in [-0.2, 0) is 6.42 Å². The molecule has 2 aromatic carbocycles. The second kappa shape index (κ2) is 5.48. The summed E-state index contributed by atoms with van der Waals surface area (Å²) in [6, 6.07) is 17.2. The van der Waals surface area contributed by atoms with Gasteiger partial charge in [-0.1, -0.05) is 41.9 Å². The monoisotopic (exact) mass is 367 g/mol. The molecule has 3 heterocycles. The van der Waals surface area contributed by atoms with Gasteiger partial charge in [0.2, 0.25) is 0 Å². The van der Waals surface area contributed by atoms with Crippen LogP contribution in [0, 0.1) is 0 Å². The van der Waals surface area contributed by atoms with Crippen LogP contribution in [0.5, 0.6) is 0 Å². The van der Waals surface area contributed by atoms with E-state index in [9.17, 15) is 0 Å². The Hall–Kier alpha value is -2.04. The number of likely N-dealkylation sites (N-methyl/N-ethyl adjacent to an activating group) is 1. The van der Waals surface area contributed by atoms with Gasteiger partial charge in [0, 0.05) is 35.2 Å². The summed E-state index contributed by atoms with van der Waals surface area (Å²) in [7, 11) is 2.09. The fraction of sp³-hybridized carbons (Fsp3) is 0.250. The number of rotatable bonds is 1. The largest absolute Gasteiger partial charge is 0.356 e. The van der Waals surface area contributed by atoms with Gasteiger partial charge in [-0.3, -0.25) is 0 Å². The fourth-order valence-electron chi connectivity index (χ4n) is 4.37. The van der Waals surface area contributed by atoms with E-state index in [2.05, 4.69) is 58.2 Å². The van der Waals surface area contributed by atoms with Crippen LogP contribution in [0.15, 0.2) is 48.5 Å². The number of aromatic nitrogens is 1. The molecule has 1 N–H and O–H groups in total. The number of halogens is 1. The molecule has 2 atom stereocenters. The van der Waals surface area contributed by atoms with Gasteiger partial charge in [-0.25, -0.2) is 0 Å². The van der Waals surface area contributed by atoms with Crippen molar-refractivity contribution in [3.63, 3.8) is 0 Å². The lowest BCUT2D eigenvalue weighted by Gasteiger charge is -2.38. The summed E-state index contributed by atoms with van der Waals surface area (Å²) >= 11 is 12.1. The maximum Gasteiger partial charge on any atom is 0.172 e. The molecule has 1 aromatic heterocycles. The van der Waals surface area contributed by atoms with Crippen molar-refractivity contribution < 1.29 is 0 Å². The van der Waals surface area contributed by atoms with Gasteiger partial charge in [-0.2, -0.15) is 0 Å². The minimum absolute atomic E-state index is 0.0808. The van der Waals surface area contributed by atoms with E-state index in [1.54, 1.807) is 0 Å². The van der Waals surface area contributed by atoms with Crippen LogP contribution in [0.25, 0.3) is 10.9 Å². The lowest BCUT2D eigenvalue weighted by atomic mass is 9.89. The van der Waals surface area contributed by atoms with Crippen molar-refractivity contribution in [2.75, 3.05) is 13.6 Å². The number of para-hydroxylation sites is 1. The maximum atomic E-state index is 6.31. The Morgan fingerprint density at radius 2 is 2.00 bits per heavy atom. The molecule has 3 aromatic rings. The van der Waals surface area contributed by atoms with Crippen LogP contribution in [0.1, 0.15) is 22.9 Å². The van der Waals surface area contributed by atoms with Crippen LogP contribution >= 0.6 is 23.8 Å². The average Bonchev–Trinajstić information content (AvgIpc) is 3.11. The lowest BCUT2D eigenvalue weighted by Crippen LogP contribution is -2.43. The lowest BCUT2D eigenvalue weighted by molar-refractivity contribution is 0.274. The molecule has 1 fully saturated rings. The minimum atomic E-state index is 0.0808. The van der Waals surface area contributed by atoms with E-state index in [1.807, 2.05) is 12.1 Å². The van der Waals surface area contributed by atoms with E-state index >= 15 is 0 Å². The Bertz CT molecular complexity index is 996. The topological polar surface area (TPSA) is 22.3 Å². The van der Waals surface area contributed by atoms with Crippen molar-refractivity contribution in [2.24, 2.45) is 0 Å². The molecule has 0 spiro atoms. The normalized spacial score (nSPS) is 22.4. The molecule has 0 saturated carbocycles. The third-order valence-corrected chi connectivity index (χ3v) is 6.19. The Balaban J connectivity index is 1.76. The highest BCUT2D eigenvalue weighted by atomic mass is 35.5. The summed E-state index contributed by atoms with van der Waals surface area (Å²) in [5.41, 5.74) is 5.04. The molecule has 2 aliphatic heterocycles. The predicted octanol–water partition coefficient (Wildman–Crippen LogP) is 4.37. The van der Waals surface area contributed by atoms with Gasteiger partial charge in [0.1, 0.15) is 0 Å². The zero-order valence-corrected chi connectivity index (χ0v) is 15.4. The Morgan fingerprint density at radius 1 is 1.16 bits per heavy atom. The molecular formula is C20H18ClN3S. The molecular weight excluding hydrogens is 350 g/mol. The predicted molar refractivity (Wildman–Crippen MR) is 106 cm³/mol. The van der Waals surface area contributed by atoms with Crippen molar-refractivity contribution in [3.8, 4) is 0 Å². The zero-order chi connectivity index (χ0) is 17.1. The van der Waals surface area contributed by atoms with Crippen LogP contribution in [-0.4, -0.2) is 39.5 Å². The molecule has 25 heavy (non-hydrogen) atoms. The summed E-state index contributed by atoms with van der Waals surface area (Å²) in [6.07, 6.45) is 1.01. The number of aromatic amines is 1. The molecule has 0 radical (unpaired) electrons. The molecule has 0 bridgehead atoms. The molecule has 126 valence electrons. The van der Waals surface area contributed by atoms with Gasteiger partial charge < -0.3 is 14.8 Å². The van der Waals surface area contributed by atoms with E-state index < -0.39 is 0 Å². The first kappa shape index (κ1) is 15.2. The smallest absolute Gasteiger partial charge is 0.172 e. The SMILES string of the molecule is CN1CC2Cc3c([nH]c4ccccc34)C(c3cccc(Cl)c3)N2C1=S. The molecule has 0 amide bonds. The summed E-state index contributed by atoms with van der Waals surface area (Å²) in [4.78, 5) is 8.24. The zero-order valence-electron chi connectivity index (χ0n) is 13.9. The van der Waals surface area contributed by atoms with Crippen molar-refractivity contribution in [1.29, 1.82) is 0 Å². The third-order valence-electron chi connectivity index (χ3n) is 5.43.